The van der Waals surface area contributed by atoms with Crippen LogP contribution in [-0.4, -0.2) is 5.78 Å². The Morgan fingerprint density at radius 1 is 0.952 bits per heavy atom. The molecule has 21 heavy (non-hydrogen) atoms. The summed E-state index contributed by atoms with van der Waals surface area (Å²) in [5.74, 6) is 0.0581. The van der Waals surface area contributed by atoms with E-state index in [1.54, 1.807) is 18.2 Å². The van der Waals surface area contributed by atoms with Crippen LogP contribution in [0.3, 0.4) is 0 Å². The van der Waals surface area contributed by atoms with Crippen LogP contribution in [0.5, 0.6) is 0 Å². The fourth-order valence-corrected chi connectivity index (χ4v) is 2.66. The summed E-state index contributed by atoms with van der Waals surface area (Å²) in [6.45, 7) is 0. The largest absolute Gasteiger partial charge is 0.359 e. The fraction of sp³-hybridized carbons (Fsp3) is 0.167. The highest BCUT2D eigenvalue weighted by molar-refractivity contribution is 5.92. The predicted octanol–water partition coefficient (Wildman–Crippen LogP) is 4.27. The molecule has 0 aliphatic heterocycles. The Bertz CT molecular complexity index is 661. The van der Waals surface area contributed by atoms with Gasteiger partial charge in [0.2, 0.25) is 0 Å². The van der Waals surface area contributed by atoms with Gasteiger partial charge in [0.05, 0.1) is 0 Å². The summed E-state index contributed by atoms with van der Waals surface area (Å²) in [6, 6.07) is 16.2. The van der Waals surface area contributed by atoms with E-state index in [0.29, 0.717) is 6.42 Å². The van der Waals surface area contributed by atoms with Crippen LogP contribution in [0.25, 0.3) is 0 Å². The van der Waals surface area contributed by atoms with E-state index in [0.717, 1.165) is 17.8 Å². The Kier molecular flexibility index (Phi) is 3.82. The molecule has 1 aliphatic rings. The lowest BCUT2D eigenvalue weighted by Crippen LogP contribution is -2.16. The number of ketones is 1. The van der Waals surface area contributed by atoms with Crippen molar-refractivity contribution in [2.24, 2.45) is 0 Å². The molecule has 0 saturated heterocycles. The van der Waals surface area contributed by atoms with E-state index in [-0.39, 0.29) is 17.5 Å². The van der Waals surface area contributed by atoms with Crippen LogP contribution in [-0.2, 0) is 4.79 Å². The highest BCUT2D eigenvalue weighted by Gasteiger charge is 2.22. The number of anilines is 1. The van der Waals surface area contributed by atoms with E-state index in [9.17, 15) is 9.18 Å². The summed E-state index contributed by atoms with van der Waals surface area (Å²) in [5.41, 5.74) is 2.85. The van der Waals surface area contributed by atoms with Crippen LogP contribution in [0.4, 0.5) is 10.1 Å². The highest BCUT2D eigenvalue weighted by Crippen LogP contribution is 2.31. The Morgan fingerprint density at radius 3 is 2.38 bits per heavy atom. The number of halogens is 1. The van der Waals surface area contributed by atoms with Gasteiger partial charge in [0, 0.05) is 23.9 Å². The number of carbonyl (C=O) groups is 1. The van der Waals surface area contributed by atoms with Gasteiger partial charge in [0.25, 0.3) is 0 Å². The molecule has 0 amide bonds. The van der Waals surface area contributed by atoms with Crippen molar-refractivity contribution in [1.82, 2.24) is 0 Å². The fourth-order valence-electron chi connectivity index (χ4n) is 2.66. The minimum Gasteiger partial charge on any atom is -0.359 e. The Labute approximate surface area is 123 Å². The second kappa shape index (κ2) is 5.92. The standard InChI is InChI=1S/C18H16FNO/c19-15-6-8-16(9-7-15)20-17-10-14(11-18(21)12-17)13-4-2-1-3-5-13/h1-9,12,14,20H,10-11H2/t14-/m1/s1. The maximum absolute atomic E-state index is 12.9. The van der Waals surface area contributed by atoms with Crippen molar-refractivity contribution in [3.05, 3.63) is 77.8 Å². The van der Waals surface area contributed by atoms with Crippen LogP contribution in [0.15, 0.2) is 66.4 Å². The molecule has 0 heterocycles. The van der Waals surface area contributed by atoms with Gasteiger partial charge >= 0.3 is 0 Å². The molecule has 106 valence electrons. The number of rotatable bonds is 3. The molecule has 3 rings (SSSR count). The second-order valence-corrected chi connectivity index (χ2v) is 5.28. The van der Waals surface area contributed by atoms with E-state index in [4.69, 9.17) is 0 Å². The zero-order chi connectivity index (χ0) is 14.7. The third kappa shape index (κ3) is 3.37. The molecule has 1 N–H and O–H groups in total. The zero-order valence-corrected chi connectivity index (χ0v) is 11.6. The molecule has 0 unspecified atom stereocenters. The molecule has 0 bridgehead atoms. The Morgan fingerprint density at radius 2 is 1.67 bits per heavy atom. The molecular formula is C18H16FNO. The molecule has 2 aromatic carbocycles. The van der Waals surface area contributed by atoms with Gasteiger partial charge in [-0.15, -0.1) is 0 Å². The minimum atomic E-state index is -0.267. The summed E-state index contributed by atoms with van der Waals surface area (Å²) < 4.78 is 12.9. The van der Waals surface area contributed by atoms with Gasteiger partial charge in [0.15, 0.2) is 5.78 Å². The second-order valence-electron chi connectivity index (χ2n) is 5.28. The molecule has 2 nitrogen and oxygen atoms in total. The Hall–Kier alpha value is -2.42. The van der Waals surface area contributed by atoms with Crippen molar-refractivity contribution in [2.45, 2.75) is 18.8 Å². The first-order valence-electron chi connectivity index (χ1n) is 7.01. The van der Waals surface area contributed by atoms with Gasteiger partial charge in [0.1, 0.15) is 5.82 Å². The van der Waals surface area contributed by atoms with Crippen molar-refractivity contribution in [3.63, 3.8) is 0 Å². The average Bonchev–Trinajstić information content (AvgIpc) is 2.50. The van der Waals surface area contributed by atoms with Gasteiger partial charge in [-0.05, 0) is 42.2 Å². The van der Waals surface area contributed by atoms with E-state index in [1.807, 2.05) is 18.2 Å². The first-order valence-corrected chi connectivity index (χ1v) is 7.01. The lowest BCUT2D eigenvalue weighted by Gasteiger charge is -2.23. The van der Waals surface area contributed by atoms with Crippen LogP contribution in [0, 0.1) is 5.82 Å². The Balaban J connectivity index is 1.76. The van der Waals surface area contributed by atoms with Crippen LogP contribution >= 0.6 is 0 Å². The van der Waals surface area contributed by atoms with Crippen molar-refractivity contribution in [1.29, 1.82) is 0 Å². The van der Waals surface area contributed by atoms with E-state index >= 15 is 0 Å². The summed E-state index contributed by atoms with van der Waals surface area (Å²) >= 11 is 0. The molecule has 0 saturated carbocycles. The van der Waals surface area contributed by atoms with E-state index < -0.39 is 0 Å². The first-order chi connectivity index (χ1) is 10.2. The van der Waals surface area contributed by atoms with Gasteiger partial charge in [-0.25, -0.2) is 4.39 Å². The van der Waals surface area contributed by atoms with Gasteiger partial charge in [-0.1, -0.05) is 30.3 Å². The third-order valence-electron chi connectivity index (χ3n) is 3.67. The normalized spacial score (nSPS) is 18.2. The number of hydrogen-bond donors (Lipinski definition) is 1. The molecule has 2 aromatic rings. The SMILES string of the molecule is O=C1C=C(Nc2ccc(F)cc2)C[C@@H](c2ccccc2)C1. The maximum atomic E-state index is 12.9. The summed E-state index contributed by atoms with van der Waals surface area (Å²) in [7, 11) is 0. The monoisotopic (exact) mass is 281 g/mol. The number of nitrogens with one attached hydrogen (secondary N) is 1. The lowest BCUT2D eigenvalue weighted by molar-refractivity contribution is -0.115. The molecule has 1 aliphatic carbocycles. The predicted molar refractivity (Wildman–Crippen MR) is 81.5 cm³/mol. The highest BCUT2D eigenvalue weighted by atomic mass is 19.1. The summed E-state index contributed by atoms with van der Waals surface area (Å²) in [5, 5.41) is 3.21. The molecule has 0 fully saturated rings. The molecule has 1 atom stereocenters. The van der Waals surface area contributed by atoms with Crippen molar-refractivity contribution < 1.29 is 9.18 Å². The molecule has 3 heteroatoms. The van der Waals surface area contributed by atoms with Crippen molar-refractivity contribution in [3.8, 4) is 0 Å². The van der Waals surface area contributed by atoms with Gasteiger partial charge in [-0.3, -0.25) is 4.79 Å². The van der Waals surface area contributed by atoms with Crippen LogP contribution < -0.4 is 5.32 Å². The van der Waals surface area contributed by atoms with Crippen molar-refractivity contribution in [2.75, 3.05) is 5.32 Å². The number of benzene rings is 2. The van der Waals surface area contributed by atoms with Gasteiger partial charge < -0.3 is 5.32 Å². The van der Waals surface area contributed by atoms with E-state index in [1.165, 1.54) is 17.7 Å². The van der Waals surface area contributed by atoms with Crippen LogP contribution in [0.2, 0.25) is 0 Å². The molecule has 0 spiro atoms. The molecule has 0 aromatic heterocycles. The van der Waals surface area contributed by atoms with Crippen molar-refractivity contribution >= 4 is 11.5 Å². The quantitative estimate of drug-likeness (QED) is 0.910. The summed E-state index contributed by atoms with van der Waals surface area (Å²) in [4.78, 5) is 11.9. The molecule has 0 radical (unpaired) electrons. The zero-order valence-electron chi connectivity index (χ0n) is 11.6. The average molecular weight is 281 g/mol. The smallest absolute Gasteiger partial charge is 0.158 e. The number of carbonyl (C=O) groups excluding carboxylic acids is 1. The van der Waals surface area contributed by atoms with E-state index in [2.05, 4.69) is 17.4 Å². The maximum Gasteiger partial charge on any atom is 0.158 e. The van der Waals surface area contributed by atoms with Crippen LogP contribution in [0.1, 0.15) is 24.3 Å². The lowest BCUT2D eigenvalue weighted by atomic mass is 9.85. The molecular weight excluding hydrogens is 265 g/mol. The summed E-state index contributed by atoms with van der Waals surface area (Å²) in [6.07, 6.45) is 2.98. The number of allylic oxidation sites excluding steroid dienone is 2. The first kappa shape index (κ1) is 13.6. The van der Waals surface area contributed by atoms with Gasteiger partial charge in [-0.2, -0.15) is 0 Å². The minimum absolute atomic E-state index is 0.125. The topological polar surface area (TPSA) is 29.1 Å². The number of hydrogen-bond acceptors (Lipinski definition) is 2. The third-order valence-corrected chi connectivity index (χ3v) is 3.67.